The van der Waals surface area contributed by atoms with Gasteiger partial charge in [0.15, 0.2) is 0 Å². The normalized spacial score (nSPS) is 16.2. The van der Waals surface area contributed by atoms with E-state index in [2.05, 4.69) is 4.98 Å². The van der Waals surface area contributed by atoms with E-state index in [9.17, 15) is 14.0 Å². The summed E-state index contributed by atoms with van der Waals surface area (Å²) in [6.07, 6.45) is 0.383. The molecule has 0 unspecified atom stereocenters. The number of carbonyl (C=O) groups excluding carboxylic acids is 2. The summed E-state index contributed by atoms with van der Waals surface area (Å²) in [6, 6.07) is 12.8. The standard InChI is InChI=1S/C21H18FN3O2/c1-12-8-17(16-7-6-15(22)10-18(16)24-12)21(27)25-11-14-5-3-2-4-13(14)9-19(25)20(23)26/h2-8,10,19H,9,11H2,1H3,(H2,23,26)/t19-/m0/s1. The van der Waals surface area contributed by atoms with Gasteiger partial charge in [0.2, 0.25) is 5.91 Å². The molecule has 2 N–H and O–H groups in total. The molecular formula is C21H18FN3O2. The van der Waals surface area contributed by atoms with Crippen molar-refractivity contribution in [2.24, 2.45) is 5.73 Å². The molecule has 2 aromatic carbocycles. The molecule has 27 heavy (non-hydrogen) atoms. The monoisotopic (exact) mass is 363 g/mol. The van der Waals surface area contributed by atoms with Gasteiger partial charge in [0.1, 0.15) is 11.9 Å². The minimum atomic E-state index is -0.726. The molecule has 0 fully saturated rings. The van der Waals surface area contributed by atoms with Crippen molar-refractivity contribution in [1.82, 2.24) is 9.88 Å². The molecule has 0 saturated carbocycles. The van der Waals surface area contributed by atoms with Crippen LogP contribution in [0.5, 0.6) is 0 Å². The Labute approximate surface area is 155 Å². The maximum absolute atomic E-state index is 13.6. The highest BCUT2D eigenvalue weighted by Gasteiger charge is 2.34. The molecule has 136 valence electrons. The van der Waals surface area contributed by atoms with Crippen LogP contribution in [-0.4, -0.2) is 27.7 Å². The second-order valence-corrected chi connectivity index (χ2v) is 6.80. The summed E-state index contributed by atoms with van der Waals surface area (Å²) in [4.78, 5) is 31.2. The van der Waals surface area contributed by atoms with Crippen LogP contribution in [0.15, 0.2) is 48.5 Å². The van der Waals surface area contributed by atoms with Gasteiger partial charge in [-0.25, -0.2) is 4.39 Å². The lowest BCUT2D eigenvalue weighted by Gasteiger charge is -2.35. The van der Waals surface area contributed by atoms with Gasteiger partial charge in [-0.15, -0.1) is 0 Å². The lowest BCUT2D eigenvalue weighted by atomic mass is 9.92. The van der Waals surface area contributed by atoms with Gasteiger partial charge in [0.25, 0.3) is 5.91 Å². The fourth-order valence-corrected chi connectivity index (χ4v) is 3.66. The van der Waals surface area contributed by atoms with Gasteiger partial charge in [0.05, 0.1) is 11.1 Å². The molecule has 5 nitrogen and oxygen atoms in total. The zero-order chi connectivity index (χ0) is 19.1. The molecule has 0 spiro atoms. The first-order chi connectivity index (χ1) is 12.9. The molecule has 0 radical (unpaired) electrons. The van der Waals surface area contributed by atoms with Crippen LogP contribution < -0.4 is 5.73 Å². The number of hydrogen-bond donors (Lipinski definition) is 1. The van der Waals surface area contributed by atoms with Crippen molar-refractivity contribution in [2.75, 3.05) is 0 Å². The summed E-state index contributed by atoms with van der Waals surface area (Å²) in [7, 11) is 0. The molecule has 6 heteroatoms. The average Bonchev–Trinajstić information content (AvgIpc) is 2.65. The topological polar surface area (TPSA) is 76.3 Å². The quantitative estimate of drug-likeness (QED) is 0.761. The first kappa shape index (κ1) is 17.1. The van der Waals surface area contributed by atoms with E-state index < -0.39 is 17.8 Å². The largest absolute Gasteiger partial charge is 0.368 e. The third-order valence-electron chi connectivity index (χ3n) is 4.97. The van der Waals surface area contributed by atoms with Crippen molar-refractivity contribution < 1.29 is 14.0 Å². The fourth-order valence-electron chi connectivity index (χ4n) is 3.66. The Hall–Kier alpha value is -3.28. The molecule has 2 heterocycles. The highest BCUT2D eigenvalue weighted by molar-refractivity contribution is 6.07. The SMILES string of the molecule is Cc1cc(C(=O)N2Cc3ccccc3C[C@H]2C(N)=O)c2ccc(F)cc2n1. The summed E-state index contributed by atoms with van der Waals surface area (Å²) in [5.74, 6) is -1.27. The van der Waals surface area contributed by atoms with Gasteiger partial charge in [-0.1, -0.05) is 24.3 Å². The van der Waals surface area contributed by atoms with Crippen molar-refractivity contribution in [2.45, 2.75) is 25.9 Å². The highest BCUT2D eigenvalue weighted by atomic mass is 19.1. The molecule has 2 amide bonds. The smallest absolute Gasteiger partial charge is 0.255 e. The minimum Gasteiger partial charge on any atom is -0.368 e. The average molecular weight is 363 g/mol. The van der Waals surface area contributed by atoms with E-state index in [1.54, 1.807) is 19.1 Å². The molecule has 4 rings (SSSR count). The summed E-state index contributed by atoms with van der Waals surface area (Å²) in [6.45, 7) is 2.05. The number of hydrogen-bond acceptors (Lipinski definition) is 3. The summed E-state index contributed by atoms with van der Waals surface area (Å²) in [5, 5.41) is 0.550. The lowest BCUT2D eigenvalue weighted by molar-refractivity contribution is -0.122. The molecule has 0 bridgehead atoms. The van der Waals surface area contributed by atoms with E-state index in [-0.39, 0.29) is 5.91 Å². The van der Waals surface area contributed by atoms with E-state index >= 15 is 0 Å². The van der Waals surface area contributed by atoms with Crippen LogP contribution in [0.1, 0.15) is 27.2 Å². The van der Waals surface area contributed by atoms with E-state index in [1.807, 2.05) is 24.3 Å². The second-order valence-electron chi connectivity index (χ2n) is 6.80. The zero-order valence-electron chi connectivity index (χ0n) is 14.8. The van der Waals surface area contributed by atoms with Crippen LogP contribution >= 0.6 is 0 Å². The number of pyridine rings is 1. The van der Waals surface area contributed by atoms with Gasteiger partial charge in [0, 0.05) is 30.1 Å². The number of rotatable bonds is 2. The Balaban J connectivity index is 1.82. The number of carbonyl (C=O) groups is 2. The van der Waals surface area contributed by atoms with E-state index in [0.717, 1.165) is 11.1 Å². The number of nitrogens with two attached hydrogens (primary N) is 1. The fraction of sp³-hybridized carbons (Fsp3) is 0.190. The zero-order valence-corrected chi connectivity index (χ0v) is 14.8. The van der Waals surface area contributed by atoms with Gasteiger partial charge >= 0.3 is 0 Å². The predicted octanol–water partition coefficient (Wildman–Crippen LogP) is 2.73. The van der Waals surface area contributed by atoms with Crippen LogP contribution in [0, 0.1) is 12.7 Å². The Morgan fingerprint density at radius 1 is 1.15 bits per heavy atom. The number of fused-ring (bicyclic) bond motifs is 2. The Bertz CT molecular complexity index is 1070. The first-order valence-corrected chi connectivity index (χ1v) is 8.68. The number of halogens is 1. The van der Waals surface area contributed by atoms with Crippen molar-refractivity contribution in [1.29, 1.82) is 0 Å². The Morgan fingerprint density at radius 2 is 1.89 bits per heavy atom. The van der Waals surface area contributed by atoms with Crippen molar-refractivity contribution in [3.05, 3.63) is 76.7 Å². The lowest BCUT2D eigenvalue weighted by Crippen LogP contribution is -2.51. The number of nitrogens with zero attached hydrogens (tertiary/aromatic N) is 2. The summed E-state index contributed by atoms with van der Waals surface area (Å²) >= 11 is 0. The number of amides is 2. The molecule has 3 aromatic rings. The molecule has 1 atom stereocenters. The van der Waals surface area contributed by atoms with E-state index in [0.29, 0.717) is 35.1 Å². The van der Waals surface area contributed by atoms with Crippen LogP contribution in [0.4, 0.5) is 4.39 Å². The molecule has 1 aromatic heterocycles. The van der Waals surface area contributed by atoms with Crippen LogP contribution in [-0.2, 0) is 17.8 Å². The number of aryl methyl sites for hydroxylation is 1. The molecule has 0 aliphatic carbocycles. The molecule has 1 aliphatic rings. The third-order valence-corrected chi connectivity index (χ3v) is 4.97. The number of aromatic nitrogens is 1. The van der Waals surface area contributed by atoms with Gasteiger partial charge in [-0.2, -0.15) is 0 Å². The maximum atomic E-state index is 13.6. The van der Waals surface area contributed by atoms with Crippen LogP contribution in [0.3, 0.4) is 0 Å². The third kappa shape index (κ3) is 3.03. The molecular weight excluding hydrogens is 345 g/mol. The van der Waals surface area contributed by atoms with Gasteiger partial charge in [-0.3, -0.25) is 14.6 Å². The minimum absolute atomic E-state index is 0.298. The van der Waals surface area contributed by atoms with E-state index in [4.69, 9.17) is 5.73 Å². The number of benzene rings is 2. The second kappa shape index (κ2) is 6.46. The number of primary amides is 1. The van der Waals surface area contributed by atoms with Crippen molar-refractivity contribution in [3.63, 3.8) is 0 Å². The van der Waals surface area contributed by atoms with Gasteiger partial charge in [-0.05, 0) is 36.2 Å². The molecule has 0 saturated heterocycles. The predicted molar refractivity (Wildman–Crippen MR) is 99.4 cm³/mol. The Kier molecular flexibility index (Phi) is 4.11. The maximum Gasteiger partial charge on any atom is 0.255 e. The van der Waals surface area contributed by atoms with Crippen LogP contribution in [0.25, 0.3) is 10.9 Å². The van der Waals surface area contributed by atoms with Crippen molar-refractivity contribution in [3.8, 4) is 0 Å². The summed E-state index contributed by atoms with van der Waals surface area (Å²) < 4.78 is 13.6. The molecule has 1 aliphatic heterocycles. The van der Waals surface area contributed by atoms with Crippen LogP contribution in [0.2, 0.25) is 0 Å². The highest BCUT2D eigenvalue weighted by Crippen LogP contribution is 2.27. The van der Waals surface area contributed by atoms with Gasteiger partial charge < -0.3 is 10.6 Å². The Morgan fingerprint density at radius 3 is 2.63 bits per heavy atom. The van der Waals surface area contributed by atoms with Crippen molar-refractivity contribution >= 4 is 22.7 Å². The first-order valence-electron chi connectivity index (χ1n) is 8.68. The van der Waals surface area contributed by atoms with E-state index in [1.165, 1.54) is 17.0 Å². The summed E-state index contributed by atoms with van der Waals surface area (Å²) in [5.41, 5.74) is 9.01.